The quantitative estimate of drug-likeness (QED) is 0.340. The van der Waals surface area contributed by atoms with Crippen molar-refractivity contribution in [1.29, 1.82) is 0 Å². The summed E-state index contributed by atoms with van der Waals surface area (Å²) in [5, 5.41) is 7.30. The van der Waals surface area contributed by atoms with Crippen LogP contribution in [0.2, 0.25) is 0 Å². The van der Waals surface area contributed by atoms with Crippen LogP contribution >= 0.6 is 0 Å². The first-order valence-corrected chi connectivity index (χ1v) is 14.2. The minimum absolute atomic E-state index is 0.131. The molecule has 200 valence electrons. The molecule has 2 aromatic carbocycles. The fraction of sp³-hybridized carbons (Fsp3) is 0.250. The van der Waals surface area contributed by atoms with Gasteiger partial charge in [0.1, 0.15) is 11.0 Å². The fourth-order valence-electron chi connectivity index (χ4n) is 5.04. The van der Waals surface area contributed by atoms with Crippen LogP contribution in [0.25, 0.3) is 11.1 Å². The molecule has 1 unspecified atom stereocenters. The van der Waals surface area contributed by atoms with Crippen molar-refractivity contribution in [2.24, 2.45) is 4.36 Å². The molecule has 2 amide bonds. The van der Waals surface area contributed by atoms with Gasteiger partial charge in [0.25, 0.3) is 0 Å². The molecule has 0 saturated heterocycles. The van der Waals surface area contributed by atoms with Crippen molar-refractivity contribution in [3.05, 3.63) is 78.1 Å². The molecule has 6 rings (SSSR count). The van der Waals surface area contributed by atoms with Crippen molar-refractivity contribution < 1.29 is 18.5 Å². The number of aryl methyl sites for hydroxylation is 1. The van der Waals surface area contributed by atoms with Gasteiger partial charge in [0.05, 0.1) is 25.5 Å². The number of carbonyl (C=O) groups excluding carboxylic acids is 1. The number of para-hydroxylation sites is 1. The number of nitrogens with zero attached hydrogens (tertiary/aromatic N) is 4. The molecule has 1 aliphatic carbocycles. The summed E-state index contributed by atoms with van der Waals surface area (Å²) >= 11 is 0. The zero-order chi connectivity index (χ0) is 27.0. The van der Waals surface area contributed by atoms with Crippen LogP contribution in [0.3, 0.4) is 0 Å². The van der Waals surface area contributed by atoms with E-state index >= 15 is 0 Å². The normalized spacial score (nSPS) is 16.9. The van der Waals surface area contributed by atoms with Crippen LogP contribution in [0, 0.1) is 0 Å². The molecular formula is C28H28N6O4S. The molecule has 0 saturated carbocycles. The molecule has 10 nitrogen and oxygen atoms in total. The van der Waals surface area contributed by atoms with Gasteiger partial charge in [-0.1, -0.05) is 30.3 Å². The Morgan fingerprint density at radius 2 is 2.03 bits per heavy atom. The number of hydrogen-bond donors (Lipinski definition) is 2. The second-order valence-corrected chi connectivity index (χ2v) is 11.4. The topological polar surface area (TPSA) is 120 Å². The molecule has 0 fully saturated rings. The maximum absolute atomic E-state index is 14.5. The third-order valence-corrected chi connectivity index (χ3v) is 8.62. The van der Waals surface area contributed by atoms with E-state index in [1.165, 1.54) is 11.8 Å². The average Bonchev–Trinajstić information content (AvgIpc) is 3.65. The van der Waals surface area contributed by atoms with Gasteiger partial charge < -0.3 is 14.8 Å². The van der Waals surface area contributed by atoms with E-state index in [-0.39, 0.29) is 11.0 Å². The number of aromatic nitrogens is 3. The SMILES string of the molecule is COc1cc(-c2ccc3c(c2NC(=O)N=S(=O)(Nc2ccccc2)c2cnn4c2O[C@H](C)C4)CCC3)ccn1. The van der Waals surface area contributed by atoms with E-state index in [1.807, 2.05) is 43.3 Å². The van der Waals surface area contributed by atoms with Crippen LogP contribution in [-0.4, -0.2) is 38.2 Å². The van der Waals surface area contributed by atoms with Gasteiger partial charge in [-0.25, -0.2) is 18.7 Å². The van der Waals surface area contributed by atoms with Crippen LogP contribution in [0.4, 0.5) is 16.2 Å². The first-order chi connectivity index (χ1) is 18.9. The number of pyridine rings is 1. The van der Waals surface area contributed by atoms with Gasteiger partial charge in [-0.3, -0.25) is 4.72 Å². The summed E-state index contributed by atoms with van der Waals surface area (Å²) in [4.78, 5) is 18.0. The number of anilines is 2. The highest BCUT2D eigenvalue weighted by Crippen LogP contribution is 2.39. The second-order valence-electron chi connectivity index (χ2n) is 9.51. The van der Waals surface area contributed by atoms with Crippen LogP contribution in [0.5, 0.6) is 11.8 Å². The van der Waals surface area contributed by atoms with E-state index in [2.05, 4.69) is 30.6 Å². The first kappa shape index (κ1) is 24.9. The molecule has 4 aromatic rings. The smallest absolute Gasteiger partial charge is 0.355 e. The van der Waals surface area contributed by atoms with Gasteiger partial charge >= 0.3 is 6.03 Å². The maximum atomic E-state index is 14.5. The summed E-state index contributed by atoms with van der Waals surface area (Å²) in [7, 11) is -1.96. The molecule has 2 aromatic heterocycles. The van der Waals surface area contributed by atoms with Crippen LogP contribution < -0.4 is 19.5 Å². The third-order valence-electron chi connectivity index (χ3n) is 6.81. The largest absolute Gasteiger partial charge is 0.481 e. The first-order valence-electron chi connectivity index (χ1n) is 12.7. The molecule has 0 radical (unpaired) electrons. The van der Waals surface area contributed by atoms with Crippen molar-refractivity contribution in [1.82, 2.24) is 14.8 Å². The van der Waals surface area contributed by atoms with Crippen molar-refractivity contribution in [2.75, 3.05) is 17.1 Å². The number of rotatable bonds is 6. The number of urea groups is 1. The van der Waals surface area contributed by atoms with Gasteiger partial charge in [0.2, 0.25) is 11.8 Å². The Morgan fingerprint density at radius 1 is 1.18 bits per heavy atom. The average molecular weight is 545 g/mol. The highest BCUT2D eigenvalue weighted by Gasteiger charge is 2.31. The molecule has 3 heterocycles. The van der Waals surface area contributed by atoms with E-state index in [1.54, 1.807) is 30.1 Å². The number of nitrogens with one attached hydrogen (secondary N) is 2. The van der Waals surface area contributed by atoms with Gasteiger partial charge in [0.15, 0.2) is 9.92 Å². The van der Waals surface area contributed by atoms with Crippen LogP contribution in [0.1, 0.15) is 24.5 Å². The van der Waals surface area contributed by atoms with E-state index < -0.39 is 15.9 Å². The summed E-state index contributed by atoms with van der Waals surface area (Å²) in [5.41, 5.74) is 5.08. The van der Waals surface area contributed by atoms with Crippen molar-refractivity contribution in [2.45, 2.75) is 43.7 Å². The Balaban J connectivity index is 1.43. The van der Waals surface area contributed by atoms with Gasteiger partial charge in [-0.2, -0.15) is 5.10 Å². The van der Waals surface area contributed by atoms with Crippen LogP contribution in [-0.2, 0) is 29.3 Å². The lowest BCUT2D eigenvalue weighted by Crippen LogP contribution is -2.19. The number of hydrogen-bond acceptors (Lipinski definition) is 6. The van der Waals surface area contributed by atoms with Crippen molar-refractivity contribution in [3.8, 4) is 22.9 Å². The standard InChI is InChI=1S/C28H28N6O4S/c1-18-17-34-27(38-18)24(16-30-34)39(36,32-21-8-4-3-5-9-21)33-28(35)31-26-22-10-6-7-19(22)11-12-23(26)20-13-14-29-25(15-20)37-2/h3-5,8-9,11-16,18H,6-7,10,17H2,1-2H3,(H2,31,32,33,35,36)/t18-,39?/m1/s1. The molecular weight excluding hydrogens is 516 g/mol. The maximum Gasteiger partial charge on any atom is 0.355 e. The Bertz CT molecular complexity index is 1680. The van der Waals surface area contributed by atoms with Crippen molar-refractivity contribution in [3.63, 3.8) is 0 Å². The highest BCUT2D eigenvalue weighted by molar-refractivity contribution is 7.95. The lowest BCUT2D eigenvalue weighted by atomic mass is 9.98. The number of ether oxygens (including phenoxy) is 2. The Labute approximate surface area is 226 Å². The van der Waals surface area contributed by atoms with E-state index in [0.717, 1.165) is 36.0 Å². The van der Waals surface area contributed by atoms with Gasteiger partial charge in [-0.05, 0) is 61.1 Å². The second kappa shape index (κ2) is 10.1. The summed E-state index contributed by atoms with van der Waals surface area (Å²) in [6.07, 6.45) is 5.72. The predicted octanol–water partition coefficient (Wildman–Crippen LogP) is 5.31. The van der Waals surface area contributed by atoms with E-state index in [4.69, 9.17) is 9.47 Å². The minimum atomic E-state index is -3.52. The lowest BCUT2D eigenvalue weighted by molar-refractivity contribution is 0.248. The molecule has 2 N–H and O–H groups in total. The fourth-order valence-corrected chi connectivity index (χ4v) is 6.61. The zero-order valence-corrected chi connectivity index (χ0v) is 22.4. The lowest BCUT2D eigenvalue weighted by Gasteiger charge is -2.17. The Kier molecular flexibility index (Phi) is 6.43. The van der Waals surface area contributed by atoms with Crippen molar-refractivity contribution >= 4 is 27.3 Å². The number of carbonyl (C=O) groups is 1. The zero-order valence-electron chi connectivity index (χ0n) is 21.6. The molecule has 0 bridgehead atoms. The summed E-state index contributed by atoms with van der Waals surface area (Å²) in [6, 6.07) is 16.0. The van der Waals surface area contributed by atoms with Gasteiger partial charge in [0, 0.05) is 23.5 Å². The summed E-state index contributed by atoms with van der Waals surface area (Å²) in [5.74, 6) is 0.812. The van der Waals surface area contributed by atoms with E-state index in [9.17, 15) is 9.00 Å². The minimum Gasteiger partial charge on any atom is -0.481 e. The highest BCUT2D eigenvalue weighted by atomic mass is 32.2. The molecule has 39 heavy (non-hydrogen) atoms. The molecule has 2 aliphatic rings. The van der Waals surface area contributed by atoms with Gasteiger partial charge in [-0.15, -0.1) is 4.36 Å². The monoisotopic (exact) mass is 544 g/mol. The molecule has 2 atom stereocenters. The predicted molar refractivity (Wildman–Crippen MR) is 148 cm³/mol. The summed E-state index contributed by atoms with van der Waals surface area (Å²) in [6.45, 7) is 2.43. The van der Waals surface area contributed by atoms with Crippen LogP contribution in [0.15, 0.2) is 76.2 Å². The number of benzene rings is 2. The third kappa shape index (κ3) is 4.81. The molecule has 0 spiro atoms. The Hall–Kier alpha value is -4.38. The number of fused-ring (bicyclic) bond motifs is 2. The molecule has 11 heteroatoms. The number of amides is 2. The molecule has 1 aliphatic heterocycles. The summed E-state index contributed by atoms with van der Waals surface area (Å²) < 4.78 is 34.5. The Morgan fingerprint density at radius 3 is 2.85 bits per heavy atom. The van der Waals surface area contributed by atoms with E-state index in [0.29, 0.717) is 29.7 Å². The number of methoxy groups -OCH3 is 1.